The quantitative estimate of drug-likeness (QED) is 0.893. The monoisotopic (exact) mass is 275 g/mol. The molecule has 2 heteroatoms. The molecule has 2 unspecified atom stereocenters. The van der Waals surface area contributed by atoms with Gasteiger partial charge in [-0.25, -0.2) is 0 Å². The molecule has 1 aromatic carbocycles. The van der Waals surface area contributed by atoms with Crippen LogP contribution < -0.4 is 5.73 Å². The minimum absolute atomic E-state index is 0.0117. The molecule has 2 rings (SSSR count). The van der Waals surface area contributed by atoms with Crippen LogP contribution in [-0.2, 0) is 4.74 Å². The molecule has 2 nitrogen and oxygen atoms in total. The summed E-state index contributed by atoms with van der Waals surface area (Å²) < 4.78 is 5.81. The van der Waals surface area contributed by atoms with Crippen LogP contribution in [0.2, 0.25) is 0 Å². The summed E-state index contributed by atoms with van der Waals surface area (Å²) in [6, 6.07) is 4.49. The van der Waals surface area contributed by atoms with E-state index in [9.17, 15) is 0 Å². The third-order valence-electron chi connectivity index (χ3n) is 4.98. The van der Waals surface area contributed by atoms with Gasteiger partial charge in [0, 0.05) is 7.11 Å². The fourth-order valence-electron chi connectivity index (χ4n) is 3.61. The fourth-order valence-corrected chi connectivity index (χ4v) is 3.61. The summed E-state index contributed by atoms with van der Waals surface area (Å²) >= 11 is 0. The zero-order valence-corrected chi connectivity index (χ0v) is 13.4. The van der Waals surface area contributed by atoms with E-state index in [1.807, 2.05) is 7.11 Å². The number of aryl methyl sites for hydroxylation is 3. The summed E-state index contributed by atoms with van der Waals surface area (Å²) in [6.45, 7) is 6.48. The van der Waals surface area contributed by atoms with Crippen molar-refractivity contribution in [3.63, 3.8) is 0 Å². The molecule has 0 amide bonds. The molecule has 1 aliphatic carbocycles. The SMILES string of the molecule is COC(C1CCCCC1)C(N)c1cc(C)c(C)cc1C. The highest BCUT2D eigenvalue weighted by atomic mass is 16.5. The first-order valence-corrected chi connectivity index (χ1v) is 7.90. The number of hydrogen-bond donors (Lipinski definition) is 1. The van der Waals surface area contributed by atoms with Gasteiger partial charge < -0.3 is 10.5 Å². The normalized spacial score (nSPS) is 19.9. The Morgan fingerprint density at radius 3 is 2.20 bits per heavy atom. The van der Waals surface area contributed by atoms with Crippen molar-refractivity contribution in [3.8, 4) is 0 Å². The number of rotatable bonds is 4. The first-order valence-electron chi connectivity index (χ1n) is 7.90. The lowest BCUT2D eigenvalue weighted by molar-refractivity contribution is 0.0171. The van der Waals surface area contributed by atoms with Gasteiger partial charge in [-0.05, 0) is 61.8 Å². The Kier molecular flexibility index (Phi) is 5.22. The summed E-state index contributed by atoms with van der Waals surface area (Å²) in [5.74, 6) is 0.616. The van der Waals surface area contributed by atoms with E-state index in [1.54, 1.807) is 0 Å². The molecule has 0 heterocycles. The maximum atomic E-state index is 6.58. The van der Waals surface area contributed by atoms with Crippen molar-refractivity contribution in [1.82, 2.24) is 0 Å². The highest BCUT2D eigenvalue weighted by Crippen LogP contribution is 2.34. The summed E-state index contributed by atoms with van der Waals surface area (Å²) in [6.07, 6.45) is 6.68. The highest BCUT2D eigenvalue weighted by molar-refractivity contribution is 5.38. The molecule has 0 radical (unpaired) electrons. The predicted molar refractivity (Wildman–Crippen MR) is 85.0 cm³/mol. The zero-order valence-electron chi connectivity index (χ0n) is 13.4. The second kappa shape index (κ2) is 6.73. The Bertz CT molecular complexity index is 449. The molecule has 1 aliphatic rings. The van der Waals surface area contributed by atoms with Gasteiger partial charge in [0.2, 0.25) is 0 Å². The van der Waals surface area contributed by atoms with Crippen molar-refractivity contribution in [3.05, 3.63) is 34.4 Å². The largest absolute Gasteiger partial charge is 0.379 e. The summed E-state index contributed by atoms with van der Waals surface area (Å²) in [5, 5.41) is 0. The predicted octanol–water partition coefficient (Wildman–Crippen LogP) is 4.21. The maximum absolute atomic E-state index is 6.58. The van der Waals surface area contributed by atoms with Crippen LogP contribution in [0.1, 0.15) is 60.4 Å². The van der Waals surface area contributed by atoms with Gasteiger partial charge >= 0.3 is 0 Å². The molecule has 2 atom stereocenters. The molecular formula is C18H29NO. The van der Waals surface area contributed by atoms with Crippen LogP contribution in [0.3, 0.4) is 0 Å². The Labute approximate surface area is 123 Å². The molecule has 0 saturated heterocycles. The van der Waals surface area contributed by atoms with Crippen LogP contribution >= 0.6 is 0 Å². The van der Waals surface area contributed by atoms with E-state index in [0.29, 0.717) is 5.92 Å². The maximum Gasteiger partial charge on any atom is 0.0791 e. The average molecular weight is 275 g/mol. The van der Waals surface area contributed by atoms with Gasteiger partial charge in [-0.2, -0.15) is 0 Å². The minimum Gasteiger partial charge on any atom is -0.379 e. The summed E-state index contributed by atoms with van der Waals surface area (Å²) in [5.41, 5.74) is 11.8. The summed E-state index contributed by atoms with van der Waals surface area (Å²) in [7, 11) is 1.81. The molecular weight excluding hydrogens is 246 g/mol. The minimum atomic E-state index is -0.0117. The van der Waals surface area contributed by atoms with Crippen molar-refractivity contribution in [1.29, 1.82) is 0 Å². The molecule has 0 spiro atoms. The van der Waals surface area contributed by atoms with E-state index in [4.69, 9.17) is 10.5 Å². The van der Waals surface area contributed by atoms with Gasteiger partial charge in [0.25, 0.3) is 0 Å². The number of hydrogen-bond acceptors (Lipinski definition) is 2. The van der Waals surface area contributed by atoms with Crippen LogP contribution in [0.4, 0.5) is 0 Å². The third kappa shape index (κ3) is 3.24. The smallest absolute Gasteiger partial charge is 0.0791 e. The van der Waals surface area contributed by atoms with Gasteiger partial charge in [0.1, 0.15) is 0 Å². The van der Waals surface area contributed by atoms with Crippen molar-refractivity contribution in [2.24, 2.45) is 11.7 Å². The van der Waals surface area contributed by atoms with Crippen LogP contribution in [-0.4, -0.2) is 13.2 Å². The topological polar surface area (TPSA) is 35.2 Å². The van der Waals surface area contributed by atoms with Gasteiger partial charge in [-0.15, -0.1) is 0 Å². The Morgan fingerprint density at radius 1 is 1.00 bits per heavy atom. The van der Waals surface area contributed by atoms with E-state index >= 15 is 0 Å². The molecule has 0 bridgehead atoms. The molecule has 112 valence electrons. The molecule has 0 aliphatic heterocycles. The number of benzene rings is 1. The first-order chi connectivity index (χ1) is 9.54. The van der Waals surface area contributed by atoms with E-state index in [0.717, 1.165) is 0 Å². The van der Waals surface area contributed by atoms with E-state index in [-0.39, 0.29) is 12.1 Å². The van der Waals surface area contributed by atoms with Crippen LogP contribution in [0.25, 0.3) is 0 Å². The standard InChI is InChI=1S/C18H29NO/c1-12-10-14(3)16(11-13(12)2)17(19)18(20-4)15-8-6-5-7-9-15/h10-11,15,17-18H,5-9,19H2,1-4H3. The van der Waals surface area contributed by atoms with Crippen molar-refractivity contribution in [2.45, 2.75) is 65.0 Å². The van der Waals surface area contributed by atoms with E-state index < -0.39 is 0 Å². The number of methoxy groups -OCH3 is 1. The van der Waals surface area contributed by atoms with Gasteiger partial charge in [-0.1, -0.05) is 31.4 Å². The highest BCUT2D eigenvalue weighted by Gasteiger charge is 2.30. The van der Waals surface area contributed by atoms with Gasteiger partial charge in [0.15, 0.2) is 0 Å². The van der Waals surface area contributed by atoms with Crippen LogP contribution in [0.5, 0.6) is 0 Å². The van der Waals surface area contributed by atoms with Crippen LogP contribution in [0, 0.1) is 26.7 Å². The molecule has 1 fully saturated rings. The zero-order chi connectivity index (χ0) is 14.7. The van der Waals surface area contributed by atoms with Crippen molar-refractivity contribution in [2.75, 3.05) is 7.11 Å². The van der Waals surface area contributed by atoms with E-state index in [2.05, 4.69) is 32.9 Å². The van der Waals surface area contributed by atoms with Gasteiger partial charge in [-0.3, -0.25) is 0 Å². The first kappa shape index (κ1) is 15.5. The lowest BCUT2D eigenvalue weighted by atomic mass is 9.80. The van der Waals surface area contributed by atoms with Crippen molar-refractivity contribution < 1.29 is 4.74 Å². The van der Waals surface area contributed by atoms with E-state index in [1.165, 1.54) is 54.4 Å². The second-order valence-electron chi connectivity index (χ2n) is 6.42. The van der Waals surface area contributed by atoms with Crippen LogP contribution in [0.15, 0.2) is 12.1 Å². The lowest BCUT2D eigenvalue weighted by Crippen LogP contribution is -2.36. The number of nitrogens with two attached hydrogens (primary N) is 1. The Balaban J connectivity index is 2.23. The molecule has 1 aromatic rings. The Morgan fingerprint density at radius 2 is 1.60 bits per heavy atom. The third-order valence-corrected chi connectivity index (χ3v) is 4.98. The average Bonchev–Trinajstić information content (AvgIpc) is 2.44. The number of ether oxygens (including phenoxy) is 1. The molecule has 2 N–H and O–H groups in total. The van der Waals surface area contributed by atoms with Gasteiger partial charge in [0.05, 0.1) is 12.1 Å². The second-order valence-corrected chi connectivity index (χ2v) is 6.42. The molecule has 0 aromatic heterocycles. The lowest BCUT2D eigenvalue weighted by Gasteiger charge is -2.34. The van der Waals surface area contributed by atoms with Crippen molar-refractivity contribution >= 4 is 0 Å². The molecule has 20 heavy (non-hydrogen) atoms. The summed E-state index contributed by atoms with van der Waals surface area (Å²) in [4.78, 5) is 0. The Hall–Kier alpha value is -0.860. The molecule has 1 saturated carbocycles. The fraction of sp³-hybridized carbons (Fsp3) is 0.667.